The van der Waals surface area contributed by atoms with E-state index in [9.17, 15) is 9.90 Å². The van der Waals surface area contributed by atoms with E-state index in [0.717, 1.165) is 29.6 Å². The molecule has 1 aliphatic heterocycles. The highest BCUT2D eigenvalue weighted by Gasteiger charge is 2.54. The van der Waals surface area contributed by atoms with Crippen LogP contribution in [0.15, 0.2) is 54.6 Å². The zero-order valence-corrected chi connectivity index (χ0v) is 15.1. The second-order valence-corrected chi connectivity index (χ2v) is 7.87. The fourth-order valence-corrected chi connectivity index (χ4v) is 4.72. The number of hydrogen-bond acceptors (Lipinski definition) is 3. The maximum absolute atomic E-state index is 11.5. The molecule has 2 aliphatic rings. The first kappa shape index (κ1) is 16.5. The molecule has 27 heavy (non-hydrogen) atoms. The summed E-state index contributed by atoms with van der Waals surface area (Å²) in [6.07, 6.45) is 3.85. The minimum Gasteiger partial charge on any atom is -0.477 e. The third kappa shape index (κ3) is 2.81. The number of nitrogens with zero attached hydrogens (tertiary/aromatic N) is 1. The van der Waals surface area contributed by atoms with Gasteiger partial charge in [-0.25, -0.2) is 9.78 Å². The number of hydrogen-bond donors (Lipinski definition) is 2. The number of aromatic carboxylic acids is 1. The molecule has 4 nitrogen and oxygen atoms in total. The number of carboxylic acids is 1. The van der Waals surface area contributed by atoms with Crippen LogP contribution in [0.5, 0.6) is 0 Å². The minimum atomic E-state index is -0.996. The number of piperidine rings is 1. The lowest BCUT2D eigenvalue weighted by Gasteiger charge is -2.23. The summed E-state index contributed by atoms with van der Waals surface area (Å²) in [4.78, 5) is 15.8. The number of carbonyl (C=O) groups is 1. The zero-order valence-electron chi connectivity index (χ0n) is 15.1. The van der Waals surface area contributed by atoms with Gasteiger partial charge in [-0.15, -0.1) is 0 Å². The summed E-state index contributed by atoms with van der Waals surface area (Å²) in [7, 11) is 0. The molecule has 2 aromatic carbocycles. The molecule has 1 atom stereocenters. The minimum absolute atomic E-state index is 0.0867. The fourth-order valence-electron chi connectivity index (χ4n) is 4.72. The largest absolute Gasteiger partial charge is 0.477 e. The molecule has 1 spiro atoms. The van der Waals surface area contributed by atoms with Crippen LogP contribution in [0.3, 0.4) is 0 Å². The van der Waals surface area contributed by atoms with E-state index in [1.807, 2.05) is 24.3 Å². The molecule has 0 bridgehead atoms. The van der Waals surface area contributed by atoms with Crippen LogP contribution in [-0.4, -0.2) is 29.1 Å². The van der Waals surface area contributed by atoms with Gasteiger partial charge in [-0.05, 0) is 72.5 Å². The molecule has 2 heterocycles. The second-order valence-electron chi connectivity index (χ2n) is 7.87. The predicted molar refractivity (Wildman–Crippen MR) is 106 cm³/mol. The zero-order chi connectivity index (χ0) is 18.4. The molecule has 2 fully saturated rings. The van der Waals surface area contributed by atoms with E-state index in [1.165, 1.54) is 24.8 Å². The van der Waals surface area contributed by atoms with E-state index in [0.29, 0.717) is 16.8 Å². The Morgan fingerprint density at radius 1 is 1.07 bits per heavy atom. The monoisotopic (exact) mass is 358 g/mol. The van der Waals surface area contributed by atoms with Gasteiger partial charge in [0.1, 0.15) is 5.69 Å². The third-order valence-electron chi connectivity index (χ3n) is 6.35. The topological polar surface area (TPSA) is 62.2 Å². The van der Waals surface area contributed by atoms with Crippen LogP contribution < -0.4 is 5.32 Å². The van der Waals surface area contributed by atoms with Gasteiger partial charge in [0.15, 0.2) is 0 Å². The molecule has 0 amide bonds. The highest BCUT2D eigenvalue weighted by Crippen LogP contribution is 2.64. The molecule has 1 aliphatic carbocycles. The van der Waals surface area contributed by atoms with Crippen LogP contribution in [0.2, 0.25) is 0 Å². The molecular weight excluding hydrogens is 336 g/mol. The Labute approximate surface area is 158 Å². The number of fused-ring (bicyclic) bond motifs is 1. The van der Waals surface area contributed by atoms with Gasteiger partial charge in [0, 0.05) is 5.39 Å². The summed E-state index contributed by atoms with van der Waals surface area (Å²) in [5, 5.41) is 13.9. The third-order valence-corrected chi connectivity index (χ3v) is 6.35. The summed E-state index contributed by atoms with van der Waals surface area (Å²) < 4.78 is 0. The Balaban J connectivity index is 1.51. The Hall–Kier alpha value is -2.72. The van der Waals surface area contributed by atoms with Gasteiger partial charge in [0.2, 0.25) is 0 Å². The fraction of sp³-hybridized carbons (Fsp3) is 0.304. The molecule has 4 heteroatoms. The smallest absolute Gasteiger partial charge is 0.354 e. The number of rotatable bonds is 3. The van der Waals surface area contributed by atoms with Crippen molar-refractivity contribution in [3.05, 3.63) is 65.9 Å². The average molecular weight is 358 g/mol. The Morgan fingerprint density at radius 2 is 1.81 bits per heavy atom. The summed E-state index contributed by atoms with van der Waals surface area (Å²) >= 11 is 0. The first-order valence-electron chi connectivity index (χ1n) is 9.60. The molecule has 1 saturated carbocycles. The molecule has 2 N–H and O–H groups in total. The number of pyridine rings is 1. The molecule has 136 valence electrons. The van der Waals surface area contributed by atoms with E-state index in [1.54, 1.807) is 6.07 Å². The van der Waals surface area contributed by atoms with Crippen molar-refractivity contribution in [1.82, 2.24) is 10.3 Å². The molecule has 0 radical (unpaired) electrons. The summed E-state index contributed by atoms with van der Waals surface area (Å²) in [5.74, 6) is -0.318. The Kier molecular flexibility index (Phi) is 3.76. The lowest BCUT2D eigenvalue weighted by Crippen LogP contribution is -2.29. The Morgan fingerprint density at radius 3 is 2.56 bits per heavy atom. The number of para-hydroxylation sites is 1. The van der Waals surface area contributed by atoms with Gasteiger partial charge in [0.25, 0.3) is 0 Å². The number of benzene rings is 2. The van der Waals surface area contributed by atoms with Crippen LogP contribution in [0.1, 0.15) is 41.2 Å². The molecular formula is C23H22N2O2. The molecule has 3 aromatic rings. The SMILES string of the molecule is O=C(O)c1cc(-c2ccc([C@H]3CC34CCNCC4)cc2)c2ccccc2n1. The van der Waals surface area contributed by atoms with Crippen molar-refractivity contribution in [2.24, 2.45) is 5.41 Å². The predicted octanol–water partition coefficient (Wildman–Crippen LogP) is 4.46. The van der Waals surface area contributed by atoms with Crippen LogP contribution in [0.25, 0.3) is 22.0 Å². The summed E-state index contributed by atoms with van der Waals surface area (Å²) in [6, 6.07) is 18.1. The quantitative estimate of drug-likeness (QED) is 0.726. The number of carboxylic acid groups (broad SMARTS) is 1. The van der Waals surface area contributed by atoms with Crippen molar-refractivity contribution in [3.63, 3.8) is 0 Å². The van der Waals surface area contributed by atoms with E-state index in [2.05, 4.69) is 34.6 Å². The number of nitrogens with one attached hydrogen (secondary N) is 1. The first-order chi connectivity index (χ1) is 13.2. The van der Waals surface area contributed by atoms with Gasteiger partial charge in [-0.3, -0.25) is 0 Å². The standard InChI is InChI=1S/C23H22N2O2/c26-22(27)21-13-18(17-3-1-2-4-20(17)25-21)15-5-7-16(8-6-15)19-14-23(19)9-11-24-12-10-23/h1-8,13,19,24H,9-12,14H2,(H,26,27)/t19-/m1/s1. The lowest BCUT2D eigenvalue weighted by molar-refractivity contribution is 0.0691. The van der Waals surface area contributed by atoms with Gasteiger partial charge >= 0.3 is 5.97 Å². The normalized spacial score (nSPS) is 20.7. The van der Waals surface area contributed by atoms with E-state index >= 15 is 0 Å². The van der Waals surface area contributed by atoms with E-state index in [4.69, 9.17) is 0 Å². The van der Waals surface area contributed by atoms with Crippen LogP contribution in [-0.2, 0) is 0 Å². The molecule has 1 aromatic heterocycles. The van der Waals surface area contributed by atoms with Crippen molar-refractivity contribution in [2.45, 2.75) is 25.2 Å². The van der Waals surface area contributed by atoms with Crippen molar-refractivity contribution >= 4 is 16.9 Å². The van der Waals surface area contributed by atoms with E-state index < -0.39 is 5.97 Å². The van der Waals surface area contributed by atoms with Gasteiger partial charge in [0.05, 0.1) is 5.52 Å². The number of aromatic nitrogens is 1. The van der Waals surface area contributed by atoms with Crippen LogP contribution in [0.4, 0.5) is 0 Å². The van der Waals surface area contributed by atoms with E-state index in [-0.39, 0.29) is 5.69 Å². The molecule has 0 unspecified atom stereocenters. The van der Waals surface area contributed by atoms with Crippen LogP contribution in [0, 0.1) is 5.41 Å². The van der Waals surface area contributed by atoms with Crippen molar-refractivity contribution in [3.8, 4) is 11.1 Å². The lowest BCUT2D eigenvalue weighted by atomic mass is 9.89. The van der Waals surface area contributed by atoms with Gasteiger partial charge in [-0.2, -0.15) is 0 Å². The second kappa shape index (κ2) is 6.17. The summed E-state index contributed by atoms with van der Waals surface area (Å²) in [5.41, 5.74) is 4.71. The van der Waals surface area contributed by atoms with Crippen molar-refractivity contribution in [1.29, 1.82) is 0 Å². The molecule has 1 saturated heterocycles. The summed E-state index contributed by atoms with van der Waals surface area (Å²) in [6.45, 7) is 2.27. The average Bonchev–Trinajstić information content (AvgIpc) is 3.40. The van der Waals surface area contributed by atoms with Gasteiger partial charge < -0.3 is 10.4 Å². The van der Waals surface area contributed by atoms with Crippen LogP contribution >= 0.6 is 0 Å². The van der Waals surface area contributed by atoms with Gasteiger partial charge in [-0.1, -0.05) is 42.5 Å². The van der Waals surface area contributed by atoms with Crippen molar-refractivity contribution < 1.29 is 9.90 Å². The highest BCUT2D eigenvalue weighted by molar-refractivity contribution is 5.99. The maximum atomic E-state index is 11.5. The Bertz CT molecular complexity index is 1020. The molecule has 5 rings (SSSR count). The highest BCUT2D eigenvalue weighted by atomic mass is 16.4. The maximum Gasteiger partial charge on any atom is 0.354 e. The first-order valence-corrected chi connectivity index (χ1v) is 9.60. The van der Waals surface area contributed by atoms with Crippen molar-refractivity contribution in [2.75, 3.05) is 13.1 Å².